The number of aryl methyl sites for hydroxylation is 1. The van der Waals surface area contributed by atoms with Gasteiger partial charge in [0.05, 0.1) is 24.0 Å². The van der Waals surface area contributed by atoms with Crippen LogP contribution in [-0.4, -0.2) is 63.8 Å². The smallest absolute Gasteiger partial charge is 0.229 e. The van der Waals surface area contributed by atoms with Crippen LogP contribution in [0.1, 0.15) is 38.9 Å². The molecule has 0 bridgehead atoms. The number of nitrogens with zero attached hydrogens (tertiary/aromatic N) is 4. The lowest BCUT2D eigenvalue weighted by Crippen LogP contribution is -2.41. The van der Waals surface area contributed by atoms with E-state index in [0.717, 1.165) is 38.3 Å². The zero-order chi connectivity index (χ0) is 17.8. The van der Waals surface area contributed by atoms with E-state index in [1.165, 1.54) is 6.42 Å². The van der Waals surface area contributed by atoms with Crippen LogP contribution in [0, 0.1) is 5.92 Å². The number of anilines is 1. The van der Waals surface area contributed by atoms with Crippen molar-refractivity contribution in [3.05, 3.63) is 18.2 Å². The minimum atomic E-state index is -0.296. The van der Waals surface area contributed by atoms with Crippen LogP contribution < -0.4 is 5.32 Å². The lowest BCUT2D eigenvalue weighted by Gasteiger charge is -2.27. The molecule has 7 heteroatoms. The van der Waals surface area contributed by atoms with Gasteiger partial charge in [0.1, 0.15) is 5.82 Å². The molecule has 2 saturated heterocycles. The number of likely N-dealkylation sites (tertiary alicyclic amines) is 2. The number of rotatable bonds is 6. The second-order valence-electron chi connectivity index (χ2n) is 6.86. The van der Waals surface area contributed by atoms with E-state index in [2.05, 4.69) is 27.1 Å². The summed E-state index contributed by atoms with van der Waals surface area (Å²) in [5, 5.41) is 2.84. The average Bonchev–Trinajstić information content (AvgIpc) is 3.22. The molecule has 1 aromatic rings. The monoisotopic (exact) mass is 345 g/mol. The van der Waals surface area contributed by atoms with Crippen molar-refractivity contribution in [2.24, 2.45) is 5.92 Å². The van der Waals surface area contributed by atoms with Crippen molar-refractivity contribution in [1.29, 1.82) is 0 Å². The third-order valence-corrected chi connectivity index (χ3v) is 5.21. The summed E-state index contributed by atoms with van der Waals surface area (Å²) < 4.78 is 0. The number of amides is 2. The fraction of sp³-hybridized carbons (Fsp3) is 0.667. The van der Waals surface area contributed by atoms with Crippen molar-refractivity contribution < 1.29 is 9.59 Å². The number of likely N-dealkylation sites (N-methyl/N-ethyl adjacent to an activating group) is 1. The molecule has 2 fully saturated rings. The molecule has 0 spiro atoms. The first-order valence-corrected chi connectivity index (χ1v) is 9.24. The molecule has 0 aromatic carbocycles. The lowest BCUT2D eigenvalue weighted by atomic mass is 10.1. The van der Waals surface area contributed by atoms with Crippen LogP contribution >= 0.6 is 0 Å². The van der Waals surface area contributed by atoms with Gasteiger partial charge in [-0.1, -0.05) is 13.8 Å². The summed E-state index contributed by atoms with van der Waals surface area (Å²) in [6.45, 7) is 7.52. The number of hydrogen-bond donors (Lipinski definition) is 1. The van der Waals surface area contributed by atoms with Crippen molar-refractivity contribution in [1.82, 2.24) is 19.8 Å². The highest BCUT2D eigenvalue weighted by Gasteiger charge is 2.36. The fourth-order valence-corrected chi connectivity index (χ4v) is 3.74. The van der Waals surface area contributed by atoms with E-state index in [1.54, 1.807) is 12.4 Å². The molecule has 2 aliphatic rings. The Kier molecular flexibility index (Phi) is 5.63. The molecular formula is C18H27N5O2. The van der Waals surface area contributed by atoms with Crippen LogP contribution in [-0.2, 0) is 16.0 Å². The normalized spacial score (nSPS) is 24.1. The van der Waals surface area contributed by atoms with E-state index in [0.29, 0.717) is 24.7 Å². The maximum Gasteiger partial charge on any atom is 0.229 e. The maximum absolute atomic E-state index is 12.5. The van der Waals surface area contributed by atoms with E-state index in [1.807, 2.05) is 11.8 Å². The van der Waals surface area contributed by atoms with Crippen molar-refractivity contribution in [3.63, 3.8) is 0 Å². The Hall–Kier alpha value is -2.02. The second-order valence-corrected chi connectivity index (χ2v) is 6.86. The zero-order valence-electron chi connectivity index (χ0n) is 15.1. The highest BCUT2D eigenvalue weighted by atomic mass is 16.2. The van der Waals surface area contributed by atoms with E-state index < -0.39 is 0 Å². The molecule has 136 valence electrons. The van der Waals surface area contributed by atoms with E-state index in [9.17, 15) is 9.59 Å². The molecule has 0 aliphatic carbocycles. The van der Waals surface area contributed by atoms with Crippen molar-refractivity contribution in [2.75, 3.05) is 31.5 Å². The number of aromatic nitrogens is 2. The summed E-state index contributed by atoms with van der Waals surface area (Å²) in [5.41, 5.74) is 0.584. The first-order chi connectivity index (χ1) is 12.1. The Morgan fingerprint density at radius 1 is 1.32 bits per heavy atom. The quantitative estimate of drug-likeness (QED) is 0.841. The Labute approximate surface area is 148 Å². The molecule has 0 radical (unpaired) electrons. The lowest BCUT2D eigenvalue weighted by molar-refractivity contribution is -0.128. The molecule has 3 heterocycles. The van der Waals surface area contributed by atoms with Gasteiger partial charge in [-0.25, -0.2) is 9.97 Å². The number of nitrogens with one attached hydrogen (secondary N) is 1. The van der Waals surface area contributed by atoms with Gasteiger partial charge in [-0.15, -0.1) is 0 Å². The molecule has 2 atom stereocenters. The van der Waals surface area contributed by atoms with E-state index in [-0.39, 0.29) is 17.7 Å². The first kappa shape index (κ1) is 17.8. The molecule has 0 saturated carbocycles. The fourth-order valence-electron chi connectivity index (χ4n) is 3.74. The van der Waals surface area contributed by atoms with E-state index in [4.69, 9.17) is 0 Å². The third kappa shape index (κ3) is 4.15. The van der Waals surface area contributed by atoms with Gasteiger partial charge in [-0.05, 0) is 25.9 Å². The Bertz CT molecular complexity index is 618. The van der Waals surface area contributed by atoms with Crippen LogP contribution in [0.25, 0.3) is 0 Å². The highest BCUT2D eigenvalue weighted by Crippen LogP contribution is 2.24. The second kappa shape index (κ2) is 7.91. The van der Waals surface area contributed by atoms with Gasteiger partial charge in [-0.3, -0.25) is 14.5 Å². The van der Waals surface area contributed by atoms with Crippen LogP contribution in [0.5, 0.6) is 0 Å². The predicted molar refractivity (Wildman–Crippen MR) is 95.0 cm³/mol. The average molecular weight is 345 g/mol. The summed E-state index contributed by atoms with van der Waals surface area (Å²) in [5.74, 6) is 0.412. The van der Waals surface area contributed by atoms with Crippen LogP contribution in [0.15, 0.2) is 12.4 Å². The first-order valence-electron chi connectivity index (χ1n) is 9.24. The molecule has 1 aromatic heterocycles. The Morgan fingerprint density at radius 3 is 2.76 bits per heavy atom. The molecule has 25 heavy (non-hydrogen) atoms. The van der Waals surface area contributed by atoms with Gasteiger partial charge in [0.2, 0.25) is 11.8 Å². The van der Waals surface area contributed by atoms with Crippen LogP contribution in [0.4, 0.5) is 5.69 Å². The topological polar surface area (TPSA) is 78.4 Å². The molecule has 2 aliphatic heterocycles. The Morgan fingerprint density at radius 2 is 2.08 bits per heavy atom. The zero-order valence-corrected chi connectivity index (χ0v) is 15.1. The molecule has 1 N–H and O–H groups in total. The molecule has 7 nitrogen and oxygen atoms in total. The molecular weight excluding hydrogens is 318 g/mol. The summed E-state index contributed by atoms with van der Waals surface area (Å²) in [6, 6.07) is 0.436. The van der Waals surface area contributed by atoms with Gasteiger partial charge in [-0.2, -0.15) is 0 Å². The Balaban J connectivity index is 1.54. The van der Waals surface area contributed by atoms with Crippen molar-refractivity contribution in [3.8, 4) is 0 Å². The van der Waals surface area contributed by atoms with Crippen LogP contribution in [0.3, 0.4) is 0 Å². The number of carbonyl (C=O) groups excluding carboxylic acids is 2. The van der Waals surface area contributed by atoms with Gasteiger partial charge in [0, 0.05) is 32.0 Å². The summed E-state index contributed by atoms with van der Waals surface area (Å²) in [6.07, 6.45) is 6.62. The number of hydrogen-bond acceptors (Lipinski definition) is 5. The third-order valence-electron chi connectivity index (χ3n) is 5.21. The minimum Gasteiger partial charge on any atom is -0.340 e. The molecule has 3 rings (SSSR count). The summed E-state index contributed by atoms with van der Waals surface area (Å²) in [7, 11) is 0. The van der Waals surface area contributed by atoms with Gasteiger partial charge in [0.25, 0.3) is 0 Å². The largest absolute Gasteiger partial charge is 0.340 e. The standard InChI is InChI=1S/C18H27N5O2/c1-3-16-19-9-14(10-20-16)21-18(25)13-8-17(24)23(11-13)12-15-6-5-7-22(15)4-2/h9-10,13,15H,3-8,11-12H2,1-2H3,(H,21,25)/t13-,15-/m0/s1. The van der Waals surface area contributed by atoms with Crippen molar-refractivity contribution in [2.45, 2.75) is 45.6 Å². The van der Waals surface area contributed by atoms with E-state index >= 15 is 0 Å². The van der Waals surface area contributed by atoms with Gasteiger partial charge >= 0.3 is 0 Å². The van der Waals surface area contributed by atoms with Crippen LogP contribution in [0.2, 0.25) is 0 Å². The minimum absolute atomic E-state index is 0.0840. The molecule has 2 amide bonds. The molecule has 0 unspecified atom stereocenters. The van der Waals surface area contributed by atoms with Crippen molar-refractivity contribution >= 4 is 17.5 Å². The summed E-state index contributed by atoms with van der Waals surface area (Å²) in [4.78, 5) is 37.4. The highest BCUT2D eigenvalue weighted by molar-refractivity contribution is 5.97. The summed E-state index contributed by atoms with van der Waals surface area (Å²) >= 11 is 0. The van der Waals surface area contributed by atoms with Gasteiger partial charge < -0.3 is 10.2 Å². The van der Waals surface area contributed by atoms with Gasteiger partial charge in [0.15, 0.2) is 0 Å². The maximum atomic E-state index is 12.5. The number of carbonyl (C=O) groups is 2. The predicted octanol–water partition coefficient (Wildman–Crippen LogP) is 1.31. The SMILES string of the molecule is CCc1ncc(NC(=O)[C@H]2CC(=O)N(C[C@@H]3CCCN3CC)C2)cn1.